The van der Waals surface area contributed by atoms with Crippen molar-refractivity contribution in [3.63, 3.8) is 0 Å². The molecule has 1 aromatic heterocycles. The summed E-state index contributed by atoms with van der Waals surface area (Å²) < 4.78 is 0. The monoisotopic (exact) mass is 245 g/mol. The van der Waals surface area contributed by atoms with E-state index in [1.165, 1.54) is 0 Å². The average molecular weight is 246 g/mol. The van der Waals surface area contributed by atoms with Gasteiger partial charge in [-0.15, -0.1) is 12.4 Å². The molecule has 3 rings (SSSR count). The number of nitrogens with zero attached hydrogens (tertiary/aromatic N) is 1. The molecule has 0 aliphatic heterocycles. The maximum absolute atomic E-state index is 5.72. The van der Waals surface area contributed by atoms with Gasteiger partial charge in [-0.05, 0) is 18.2 Å². The van der Waals surface area contributed by atoms with E-state index in [2.05, 4.69) is 9.97 Å². The topological polar surface area (TPSA) is 54.7 Å². The van der Waals surface area contributed by atoms with E-state index in [9.17, 15) is 0 Å². The molecule has 1 heterocycles. The first-order chi connectivity index (χ1) is 7.83. The number of rotatable bonds is 1. The summed E-state index contributed by atoms with van der Waals surface area (Å²) in [6, 6.07) is 15.7. The van der Waals surface area contributed by atoms with E-state index in [1.54, 1.807) is 0 Å². The molecule has 0 radical (unpaired) electrons. The Bertz CT molecular complexity index is 631. The third-order valence-electron chi connectivity index (χ3n) is 2.55. The van der Waals surface area contributed by atoms with E-state index >= 15 is 0 Å². The molecule has 3 nitrogen and oxygen atoms in total. The summed E-state index contributed by atoms with van der Waals surface area (Å²) in [6.07, 6.45) is 0. The Hall–Kier alpha value is -2.00. The van der Waals surface area contributed by atoms with Crippen molar-refractivity contribution in [2.45, 2.75) is 0 Å². The Morgan fingerprint density at radius 1 is 1.00 bits per heavy atom. The van der Waals surface area contributed by atoms with E-state index in [0.29, 0.717) is 0 Å². The summed E-state index contributed by atoms with van der Waals surface area (Å²) in [5, 5.41) is 0. The summed E-state index contributed by atoms with van der Waals surface area (Å²) in [5.41, 5.74) is 9.46. The Balaban J connectivity index is 0.00000108. The van der Waals surface area contributed by atoms with Crippen molar-refractivity contribution in [2.24, 2.45) is 0 Å². The first kappa shape index (κ1) is 11.5. The molecule has 0 saturated heterocycles. The van der Waals surface area contributed by atoms with Crippen molar-refractivity contribution in [2.75, 3.05) is 5.73 Å². The third-order valence-corrected chi connectivity index (χ3v) is 2.55. The Morgan fingerprint density at radius 3 is 2.53 bits per heavy atom. The van der Waals surface area contributed by atoms with Crippen LogP contribution in [0.2, 0.25) is 0 Å². The number of benzene rings is 2. The number of hydrogen-bond donors (Lipinski definition) is 2. The highest BCUT2D eigenvalue weighted by atomic mass is 35.5. The molecule has 86 valence electrons. The average Bonchev–Trinajstić information content (AvgIpc) is 2.73. The fraction of sp³-hybridized carbons (Fsp3) is 0. The van der Waals surface area contributed by atoms with Gasteiger partial charge in [-0.2, -0.15) is 0 Å². The molecule has 17 heavy (non-hydrogen) atoms. The predicted octanol–water partition coefficient (Wildman–Crippen LogP) is 3.23. The van der Waals surface area contributed by atoms with Crippen molar-refractivity contribution in [3.05, 3.63) is 48.5 Å². The van der Waals surface area contributed by atoms with Crippen molar-refractivity contribution in [1.82, 2.24) is 9.97 Å². The lowest BCUT2D eigenvalue weighted by molar-refractivity contribution is 1.34. The second-order valence-corrected chi connectivity index (χ2v) is 3.73. The van der Waals surface area contributed by atoms with Gasteiger partial charge in [-0.1, -0.05) is 30.3 Å². The number of anilines is 1. The molecule has 0 bridgehead atoms. The number of nitrogen functional groups attached to an aromatic ring is 1. The van der Waals surface area contributed by atoms with Gasteiger partial charge in [0.15, 0.2) is 0 Å². The molecule has 0 aliphatic rings. The zero-order valence-electron chi connectivity index (χ0n) is 9.05. The van der Waals surface area contributed by atoms with Crippen LogP contribution in [0, 0.1) is 0 Å². The second kappa shape index (κ2) is 4.47. The van der Waals surface area contributed by atoms with E-state index in [-0.39, 0.29) is 12.4 Å². The van der Waals surface area contributed by atoms with Gasteiger partial charge in [-0.25, -0.2) is 4.98 Å². The van der Waals surface area contributed by atoms with Gasteiger partial charge in [0.1, 0.15) is 5.82 Å². The molecule has 0 amide bonds. The number of hydrogen-bond acceptors (Lipinski definition) is 2. The number of aromatic nitrogens is 2. The van der Waals surface area contributed by atoms with Crippen LogP contribution in [-0.2, 0) is 0 Å². The van der Waals surface area contributed by atoms with Crippen LogP contribution in [0.15, 0.2) is 48.5 Å². The van der Waals surface area contributed by atoms with Gasteiger partial charge in [0.25, 0.3) is 0 Å². The molecular weight excluding hydrogens is 234 g/mol. The van der Waals surface area contributed by atoms with Crippen LogP contribution in [0.5, 0.6) is 0 Å². The van der Waals surface area contributed by atoms with E-state index < -0.39 is 0 Å². The smallest absolute Gasteiger partial charge is 0.138 e. The molecule has 0 atom stereocenters. The third kappa shape index (κ3) is 2.10. The number of nitrogens with one attached hydrogen (secondary N) is 1. The van der Waals surface area contributed by atoms with Gasteiger partial charge >= 0.3 is 0 Å². The van der Waals surface area contributed by atoms with Crippen LogP contribution in [0.4, 0.5) is 5.69 Å². The molecular formula is C13H12ClN3. The van der Waals surface area contributed by atoms with Crippen molar-refractivity contribution < 1.29 is 0 Å². The van der Waals surface area contributed by atoms with Crippen LogP contribution in [0.3, 0.4) is 0 Å². The Morgan fingerprint density at radius 2 is 1.76 bits per heavy atom. The molecule has 0 spiro atoms. The molecule has 0 unspecified atom stereocenters. The van der Waals surface area contributed by atoms with Crippen LogP contribution in [-0.4, -0.2) is 9.97 Å². The number of nitrogens with two attached hydrogens (primary N) is 1. The maximum atomic E-state index is 5.72. The maximum Gasteiger partial charge on any atom is 0.138 e. The minimum Gasteiger partial charge on any atom is -0.399 e. The van der Waals surface area contributed by atoms with Crippen LogP contribution < -0.4 is 5.73 Å². The highest BCUT2D eigenvalue weighted by Gasteiger charge is 2.04. The fourth-order valence-corrected chi connectivity index (χ4v) is 1.76. The zero-order chi connectivity index (χ0) is 11.0. The van der Waals surface area contributed by atoms with E-state index in [0.717, 1.165) is 28.1 Å². The summed E-state index contributed by atoms with van der Waals surface area (Å²) in [6.45, 7) is 0. The highest BCUT2D eigenvalue weighted by Crippen LogP contribution is 2.21. The zero-order valence-corrected chi connectivity index (χ0v) is 9.87. The van der Waals surface area contributed by atoms with Crippen LogP contribution in [0.1, 0.15) is 0 Å². The minimum atomic E-state index is 0. The molecule has 2 aromatic carbocycles. The lowest BCUT2D eigenvalue weighted by Gasteiger charge is -1.93. The minimum absolute atomic E-state index is 0. The molecule has 0 fully saturated rings. The number of halogens is 1. The van der Waals surface area contributed by atoms with Crippen molar-refractivity contribution >= 4 is 29.1 Å². The highest BCUT2D eigenvalue weighted by molar-refractivity contribution is 5.85. The summed E-state index contributed by atoms with van der Waals surface area (Å²) in [7, 11) is 0. The van der Waals surface area contributed by atoms with Gasteiger partial charge in [0.2, 0.25) is 0 Å². The molecule has 3 aromatic rings. The summed E-state index contributed by atoms with van der Waals surface area (Å²) >= 11 is 0. The Kier molecular flexibility index (Phi) is 3.02. The van der Waals surface area contributed by atoms with Gasteiger partial charge < -0.3 is 10.7 Å². The number of imidazole rings is 1. The van der Waals surface area contributed by atoms with E-state index in [4.69, 9.17) is 5.73 Å². The van der Waals surface area contributed by atoms with Crippen LogP contribution >= 0.6 is 12.4 Å². The summed E-state index contributed by atoms with van der Waals surface area (Å²) in [5.74, 6) is 0.876. The van der Waals surface area contributed by atoms with Gasteiger partial charge in [-0.3, -0.25) is 0 Å². The number of H-pyrrole nitrogens is 1. The van der Waals surface area contributed by atoms with Gasteiger partial charge in [0.05, 0.1) is 11.0 Å². The van der Waals surface area contributed by atoms with Crippen LogP contribution in [0.25, 0.3) is 22.4 Å². The molecule has 0 aliphatic carbocycles. The molecule has 4 heteroatoms. The summed E-state index contributed by atoms with van der Waals surface area (Å²) in [4.78, 5) is 7.77. The number of fused-ring (bicyclic) bond motifs is 1. The molecule has 0 saturated carbocycles. The largest absolute Gasteiger partial charge is 0.399 e. The van der Waals surface area contributed by atoms with Gasteiger partial charge in [0, 0.05) is 11.3 Å². The quantitative estimate of drug-likeness (QED) is 0.647. The predicted molar refractivity (Wildman–Crippen MR) is 73.2 cm³/mol. The van der Waals surface area contributed by atoms with Crippen molar-refractivity contribution in [3.8, 4) is 11.4 Å². The fourth-order valence-electron chi connectivity index (χ4n) is 1.76. The standard InChI is InChI=1S/C13H11N3.ClH/c14-10-6-7-11-12(8-10)16-13(15-11)9-4-2-1-3-5-9;/h1-8H,14H2,(H,15,16);1H. The first-order valence-corrected chi connectivity index (χ1v) is 5.13. The van der Waals surface area contributed by atoms with Crippen molar-refractivity contribution in [1.29, 1.82) is 0 Å². The number of aromatic amines is 1. The lowest BCUT2D eigenvalue weighted by atomic mass is 10.2. The lowest BCUT2D eigenvalue weighted by Crippen LogP contribution is -1.82. The first-order valence-electron chi connectivity index (χ1n) is 5.13. The normalized spacial score (nSPS) is 10.1. The van der Waals surface area contributed by atoms with E-state index in [1.807, 2.05) is 48.5 Å². The second-order valence-electron chi connectivity index (χ2n) is 3.73. The Labute approximate surface area is 105 Å². The molecule has 3 N–H and O–H groups in total. The SMILES string of the molecule is Cl.Nc1ccc2nc(-c3ccccc3)[nH]c2c1.